The molecule has 3 aliphatic rings. The first-order chi connectivity index (χ1) is 38.0. The third-order valence-corrected chi connectivity index (χ3v) is 17.9. The maximum atomic E-state index is 14.5. The quantitative estimate of drug-likeness (QED) is 0.108. The molecule has 0 radical (unpaired) electrons. The lowest BCUT2D eigenvalue weighted by Crippen LogP contribution is -2.56. The SMILES string of the molecule is Cc1ncsc1-c1ccc([C@H]2NC(=O)[C@@H]3C[C@@H](O)CC3C(=O)[C@H](C(C)(C)C)NC(=O)CSCC[C@H](C(N)=O)NC(=O)[C@@H](CNC(=O)C[C@@H]3N=C(c4ccc(Cl)cc4)c4c(sc(C)c4C)-n4c(C)nnc43)NC(=O)CCNC2=O)cc1. The molecule has 2 aromatic carbocycles. The number of thiophene rings is 1. The Morgan fingerprint density at radius 1 is 0.863 bits per heavy atom. The number of rotatable bonds is 8. The molecule has 2 aliphatic heterocycles. The Morgan fingerprint density at radius 2 is 1.56 bits per heavy atom. The van der Waals surface area contributed by atoms with Gasteiger partial charge in [0.25, 0.3) is 0 Å². The summed E-state index contributed by atoms with van der Waals surface area (Å²) in [5.41, 5.74) is 11.9. The van der Waals surface area contributed by atoms with E-state index in [0.29, 0.717) is 27.9 Å². The number of ketones is 1. The fraction of sp³-hybridized carbons (Fsp3) is 0.455. The molecular weight excluding hydrogens is 1100 g/mol. The lowest BCUT2D eigenvalue weighted by Gasteiger charge is -2.33. The second kappa shape index (κ2) is 25.3. The van der Waals surface area contributed by atoms with Crippen molar-refractivity contribution in [1.29, 1.82) is 0 Å². The van der Waals surface area contributed by atoms with E-state index in [-0.39, 0.29) is 50.2 Å². The predicted octanol–water partition coefficient (Wildman–Crippen LogP) is 4.18. The van der Waals surface area contributed by atoms with Crippen LogP contribution in [0.5, 0.6) is 0 Å². The van der Waals surface area contributed by atoms with Crippen LogP contribution in [0, 0.1) is 44.9 Å². The summed E-state index contributed by atoms with van der Waals surface area (Å²) < 4.78 is 1.89. The Morgan fingerprint density at radius 3 is 2.24 bits per heavy atom. The van der Waals surface area contributed by atoms with Crippen molar-refractivity contribution in [3.63, 3.8) is 0 Å². The summed E-state index contributed by atoms with van der Waals surface area (Å²) in [4.78, 5) is 123. The van der Waals surface area contributed by atoms with Crippen LogP contribution in [0.1, 0.15) is 109 Å². The van der Waals surface area contributed by atoms with Gasteiger partial charge in [-0.3, -0.25) is 47.9 Å². The van der Waals surface area contributed by atoms with Crippen molar-refractivity contribution in [2.45, 2.75) is 117 Å². The van der Waals surface area contributed by atoms with Crippen LogP contribution in [0.15, 0.2) is 59.0 Å². The van der Waals surface area contributed by atoms with Gasteiger partial charge in [0.05, 0.1) is 52.0 Å². The van der Waals surface area contributed by atoms with Crippen molar-refractivity contribution in [2.75, 3.05) is 24.6 Å². The van der Waals surface area contributed by atoms with Crippen LogP contribution in [0.4, 0.5) is 0 Å². The number of hydrogen-bond acceptors (Lipinski definition) is 16. The van der Waals surface area contributed by atoms with Gasteiger partial charge in [-0.05, 0) is 86.9 Å². The third-order valence-electron chi connectivity index (χ3n) is 14.5. The second-order valence-corrected chi connectivity index (χ2v) is 24.9. The molecule has 1 unspecified atom stereocenters. The van der Waals surface area contributed by atoms with Crippen LogP contribution < -0.4 is 37.6 Å². The zero-order chi connectivity index (χ0) is 57.7. The summed E-state index contributed by atoms with van der Waals surface area (Å²) in [6, 6.07) is 8.10. The summed E-state index contributed by atoms with van der Waals surface area (Å²) in [7, 11) is 0. The molecule has 0 spiro atoms. The number of halogens is 1. The van der Waals surface area contributed by atoms with Gasteiger partial charge in [-0.25, -0.2) is 4.98 Å². The number of nitrogens with two attached hydrogens (primary N) is 1. The van der Waals surface area contributed by atoms with Crippen molar-refractivity contribution < 1.29 is 43.5 Å². The minimum atomic E-state index is -1.48. The first-order valence-electron chi connectivity index (χ1n) is 26.2. The van der Waals surface area contributed by atoms with E-state index in [9.17, 15) is 43.5 Å². The summed E-state index contributed by atoms with van der Waals surface area (Å²) in [6.07, 6.45) is -1.82. The number of aromatic nitrogens is 4. The summed E-state index contributed by atoms with van der Waals surface area (Å²) >= 11 is 10.4. The van der Waals surface area contributed by atoms with E-state index in [1.165, 1.54) is 11.3 Å². The predicted molar refractivity (Wildman–Crippen MR) is 305 cm³/mol. The number of Topliss-reactive ketones (excluding diaryl/α,β-unsaturated/α-hetero) is 1. The Balaban J connectivity index is 1.05. The molecule has 80 heavy (non-hydrogen) atoms. The number of thiazole rings is 1. The second-order valence-electron chi connectivity index (χ2n) is 21.3. The normalized spacial score (nSPS) is 23.9. The largest absolute Gasteiger partial charge is 0.393 e. The zero-order valence-corrected chi connectivity index (χ0v) is 48.5. The van der Waals surface area contributed by atoms with Crippen molar-refractivity contribution in [1.82, 2.24) is 51.6 Å². The Hall–Kier alpha value is -6.86. The Labute approximate surface area is 479 Å². The highest BCUT2D eigenvalue weighted by Gasteiger charge is 2.47. The summed E-state index contributed by atoms with van der Waals surface area (Å²) in [5, 5.41) is 37.5. The number of aliphatic hydroxyl groups is 1. The minimum Gasteiger partial charge on any atom is -0.393 e. The number of hydrogen-bond donors (Lipinski definition) is 8. The van der Waals surface area contributed by atoms with Gasteiger partial charge in [-0.2, -0.15) is 11.8 Å². The number of aliphatic imine (C=N–C) groups is 1. The van der Waals surface area contributed by atoms with Crippen molar-refractivity contribution in [2.24, 2.45) is 28.0 Å². The fourth-order valence-electron chi connectivity index (χ4n) is 10.1. The topological polar surface area (TPSA) is 311 Å². The molecule has 9 N–H and O–H groups in total. The molecule has 8 rings (SSSR count). The lowest BCUT2D eigenvalue weighted by atomic mass is 9.77. The highest BCUT2D eigenvalue weighted by atomic mass is 35.5. The molecular formula is C55H65ClN12O9S3. The number of amides is 7. The molecule has 21 nitrogen and oxygen atoms in total. The molecule has 1 saturated carbocycles. The number of nitrogens with zero attached hydrogens (tertiary/aromatic N) is 5. The highest BCUT2D eigenvalue weighted by Crippen LogP contribution is 2.41. The van der Waals surface area contributed by atoms with Gasteiger partial charge < -0.3 is 42.7 Å². The van der Waals surface area contributed by atoms with Gasteiger partial charge in [0, 0.05) is 46.5 Å². The number of carbonyl (C=O) groups is 8. The van der Waals surface area contributed by atoms with Gasteiger partial charge in [-0.15, -0.1) is 32.9 Å². The molecule has 1 saturated heterocycles. The van der Waals surface area contributed by atoms with E-state index < -0.39 is 107 Å². The van der Waals surface area contributed by atoms with E-state index in [1.54, 1.807) is 74.0 Å². The zero-order valence-electron chi connectivity index (χ0n) is 45.3. The molecule has 0 bridgehead atoms. The van der Waals surface area contributed by atoms with Crippen LogP contribution in [0.25, 0.3) is 15.4 Å². The smallest absolute Gasteiger partial charge is 0.247 e. The molecule has 25 heteroatoms. The maximum Gasteiger partial charge on any atom is 0.247 e. The first-order valence-corrected chi connectivity index (χ1v) is 29.4. The van der Waals surface area contributed by atoms with Gasteiger partial charge in [0.2, 0.25) is 41.4 Å². The number of aliphatic hydroxyl groups excluding tert-OH is 1. The van der Waals surface area contributed by atoms with E-state index in [4.69, 9.17) is 22.3 Å². The number of carbonyl (C=O) groups excluding carboxylic acids is 8. The molecule has 424 valence electrons. The molecule has 3 aromatic heterocycles. The number of benzene rings is 2. The molecule has 7 amide bonds. The van der Waals surface area contributed by atoms with Crippen LogP contribution in [-0.2, 0) is 38.4 Å². The summed E-state index contributed by atoms with van der Waals surface area (Å²) in [5.74, 6) is -6.50. The number of nitrogens with one attached hydrogen (secondary N) is 6. The van der Waals surface area contributed by atoms with Gasteiger partial charge in [-0.1, -0.05) is 68.8 Å². The molecule has 5 heterocycles. The number of primary amides is 1. The van der Waals surface area contributed by atoms with Crippen molar-refractivity contribution >= 4 is 98.9 Å². The minimum absolute atomic E-state index is 0.0363. The van der Waals surface area contributed by atoms with Crippen LogP contribution in [-0.4, -0.2) is 127 Å². The third kappa shape index (κ3) is 13.6. The number of fused-ring (bicyclic) bond motifs is 4. The van der Waals surface area contributed by atoms with Gasteiger partial charge >= 0.3 is 0 Å². The van der Waals surface area contributed by atoms with Crippen molar-refractivity contribution in [3.05, 3.63) is 104 Å². The number of aryl methyl sites for hydroxylation is 3. The van der Waals surface area contributed by atoms with E-state index >= 15 is 0 Å². The highest BCUT2D eigenvalue weighted by molar-refractivity contribution is 7.99. The van der Waals surface area contributed by atoms with Gasteiger partial charge in [0.15, 0.2) is 11.6 Å². The van der Waals surface area contributed by atoms with Crippen LogP contribution in [0.3, 0.4) is 0 Å². The molecule has 5 aromatic rings. The van der Waals surface area contributed by atoms with Crippen LogP contribution >= 0.6 is 46.0 Å². The molecule has 8 atom stereocenters. The van der Waals surface area contributed by atoms with Crippen LogP contribution in [0.2, 0.25) is 5.02 Å². The standard InChI is InChI=1S/C55H65ClN12O9S3/c1-26-28(3)80-54-43(26)44(30-12-14-33(56)15-13-30)62-38(50-67-66-29(4)68(50)54)22-41(71)59-23-39-52(76)63-37(49(57)74)17-19-78-24-42(72)64-48(55(5,6)7)46(73)35-20-34(69)21-36(35)51(75)65-45(53(77)58-18-16-40(70)61-39)31-8-10-32(11-9-31)47-27(2)60-25-79-47/h8-15,25,34-39,45,48,69H,16-24H2,1-7H3,(H2,57,74)(H,58,77)(H,59,71)(H,61,70)(H,63,76)(H,64,72)(H,65,75)/t34-,35?,36+,37+,38-,39+,45+,48+/m0/s1. The Bertz CT molecular complexity index is 3220. The monoisotopic (exact) mass is 1170 g/mol. The number of thioether (sulfide) groups is 1. The average molecular weight is 1170 g/mol. The molecule has 2 fully saturated rings. The van der Waals surface area contributed by atoms with E-state index in [1.807, 2.05) is 44.4 Å². The maximum absolute atomic E-state index is 14.5. The molecule has 1 aliphatic carbocycles. The summed E-state index contributed by atoms with van der Waals surface area (Å²) in [6.45, 7) is 12.3. The van der Waals surface area contributed by atoms with Crippen molar-refractivity contribution in [3.8, 4) is 15.4 Å². The van der Waals surface area contributed by atoms with E-state index in [0.717, 1.165) is 54.5 Å². The fourth-order valence-corrected chi connectivity index (χ4v) is 13.1. The first kappa shape index (κ1) is 59.3. The average Bonchev–Trinajstić information content (AvgIpc) is 4.30. The van der Waals surface area contributed by atoms with E-state index in [2.05, 4.69) is 47.1 Å². The Kier molecular flexibility index (Phi) is 18.7. The van der Waals surface area contributed by atoms with Gasteiger partial charge in [0.1, 0.15) is 35.0 Å². The lowest BCUT2D eigenvalue weighted by molar-refractivity contribution is -0.138.